The minimum Gasteiger partial charge on any atom is -0.372 e. The summed E-state index contributed by atoms with van der Waals surface area (Å²) in [5.41, 5.74) is 2.00. The van der Waals surface area contributed by atoms with E-state index < -0.39 is 0 Å². The van der Waals surface area contributed by atoms with Crippen molar-refractivity contribution in [2.75, 3.05) is 42.5 Å². The maximum atomic E-state index is 12.4. The maximum Gasteiger partial charge on any atom is 0.242 e. The topological polar surface area (TPSA) is 43.9 Å². The number of benzene rings is 1. The largest absolute Gasteiger partial charge is 0.372 e. The summed E-state index contributed by atoms with van der Waals surface area (Å²) in [6, 6.07) is 8.07. The second-order valence-corrected chi connectivity index (χ2v) is 7.38. The van der Waals surface area contributed by atoms with Crippen LogP contribution in [0, 0.1) is 5.92 Å². The van der Waals surface area contributed by atoms with E-state index in [-0.39, 0.29) is 18.4 Å². The summed E-state index contributed by atoms with van der Waals surface area (Å²) in [4.78, 5) is 30.3. The van der Waals surface area contributed by atoms with E-state index in [1.54, 1.807) is 4.90 Å². The van der Waals surface area contributed by atoms with E-state index in [0.29, 0.717) is 0 Å². The van der Waals surface area contributed by atoms with E-state index in [4.69, 9.17) is 0 Å². The van der Waals surface area contributed by atoms with E-state index in [1.807, 2.05) is 17.0 Å². The Bertz CT molecular complexity index is 600. The van der Waals surface area contributed by atoms with Gasteiger partial charge in [0.2, 0.25) is 11.8 Å². The molecule has 0 aliphatic carbocycles. The molecule has 2 aliphatic heterocycles. The van der Waals surface area contributed by atoms with E-state index in [1.165, 1.54) is 25.5 Å². The summed E-state index contributed by atoms with van der Waals surface area (Å²) in [5, 5.41) is 0. The average Bonchev–Trinajstić information content (AvgIpc) is 3.15. The first-order chi connectivity index (χ1) is 12.0. The molecule has 3 rings (SSSR count). The molecule has 1 aromatic rings. The van der Waals surface area contributed by atoms with Crippen LogP contribution in [0.4, 0.5) is 11.4 Å². The summed E-state index contributed by atoms with van der Waals surface area (Å²) in [6.45, 7) is 7.78. The number of anilines is 2. The zero-order valence-electron chi connectivity index (χ0n) is 15.4. The molecule has 5 nitrogen and oxygen atoms in total. The van der Waals surface area contributed by atoms with Gasteiger partial charge in [0.25, 0.3) is 0 Å². The highest BCUT2D eigenvalue weighted by molar-refractivity contribution is 5.97. The molecule has 0 atom stereocenters. The highest BCUT2D eigenvalue weighted by atomic mass is 16.2. The predicted molar refractivity (Wildman–Crippen MR) is 101 cm³/mol. The van der Waals surface area contributed by atoms with Crippen molar-refractivity contribution in [1.82, 2.24) is 4.90 Å². The van der Waals surface area contributed by atoms with Gasteiger partial charge in [-0.1, -0.05) is 6.92 Å². The number of carbonyl (C=O) groups is 2. The molecule has 2 aliphatic rings. The standard InChI is InChI=1S/C20H29N3O2/c1-16-9-13-21(14-10-16)18-5-7-19(8-6-18)23(17(2)24)15-20(25)22-11-3-4-12-22/h5-8,16H,3-4,9-15H2,1-2H3. The third-order valence-electron chi connectivity index (χ3n) is 5.44. The van der Waals surface area contributed by atoms with Gasteiger partial charge in [0.1, 0.15) is 6.54 Å². The van der Waals surface area contributed by atoms with Crippen molar-refractivity contribution < 1.29 is 9.59 Å². The second kappa shape index (κ2) is 7.89. The van der Waals surface area contributed by atoms with Crippen LogP contribution in [0.1, 0.15) is 39.5 Å². The molecule has 5 heteroatoms. The third kappa shape index (κ3) is 4.33. The van der Waals surface area contributed by atoms with Crippen molar-refractivity contribution in [3.63, 3.8) is 0 Å². The Hall–Kier alpha value is -2.04. The lowest BCUT2D eigenvalue weighted by atomic mass is 9.99. The highest BCUT2D eigenvalue weighted by Crippen LogP contribution is 2.25. The van der Waals surface area contributed by atoms with Gasteiger partial charge in [0.05, 0.1) is 0 Å². The quantitative estimate of drug-likeness (QED) is 0.844. The number of nitrogens with zero attached hydrogens (tertiary/aromatic N) is 3. The van der Waals surface area contributed by atoms with Gasteiger partial charge in [-0.05, 0) is 55.9 Å². The summed E-state index contributed by atoms with van der Waals surface area (Å²) in [7, 11) is 0. The SMILES string of the molecule is CC(=O)N(CC(=O)N1CCCC1)c1ccc(N2CCC(C)CC2)cc1. The Morgan fingerprint density at radius 2 is 1.64 bits per heavy atom. The Morgan fingerprint density at radius 3 is 2.20 bits per heavy atom. The number of hydrogen-bond donors (Lipinski definition) is 0. The van der Waals surface area contributed by atoms with Gasteiger partial charge < -0.3 is 14.7 Å². The van der Waals surface area contributed by atoms with Crippen LogP contribution in [0.5, 0.6) is 0 Å². The van der Waals surface area contributed by atoms with Crippen molar-refractivity contribution in [3.8, 4) is 0 Å². The number of likely N-dealkylation sites (tertiary alicyclic amines) is 1. The molecule has 0 bridgehead atoms. The molecule has 0 saturated carbocycles. The third-order valence-corrected chi connectivity index (χ3v) is 5.44. The summed E-state index contributed by atoms with van der Waals surface area (Å²) < 4.78 is 0. The van der Waals surface area contributed by atoms with Gasteiger partial charge in [-0.25, -0.2) is 0 Å². The molecule has 2 fully saturated rings. The van der Waals surface area contributed by atoms with E-state index in [2.05, 4.69) is 24.0 Å². The van der Waals surface area contributed by atoms with Crippen molar-refractivity contribution >= 4 is 23.2 Å². The molecular formula is C20H29N3O2. The van der Waals surface area contributed by atoms with Crippen LogP contribution in [0.25, 0.3) is 0 Å². The van der Waals surface area contributed by atoms with Crippen LogP contribution >= 0.6 is 0 Å². The van der Waals surface area contributed by atoms with Crippen LogP contribution in [0.3, 0.4) is 0 Å². The predicted octanol–water partition coefficient (Wildman–Crippen LogP) is 2.90. The smallest absolute Gasteiger partial charge is 0.242 e. The molecule has 1 aromatic carbocycles. The van der Waals surface area contributed by atoms with Gasteiger partial charge in [-0.3, -0.25) is 9.59 Å². The molecular weight excluding hydrogens is 314 g/mol. The van der Waals surface area contributed by atoms with Crippen LogP contribution < -0.4 is 9.80 Å². The molecule has 2 heterocycles. The molecule has 25 heavy (non-hydrogen) atoms. The van der Waals surface area contributed by atoms with Gasteiger partial charge in [-0.15, -0.1) is 0 Å². The Balaban J connectivity index is 1.67. The van der Waals surface area contributed by atoms with Crippen molar-refractivity contribution in [1.29, 1.82) is 0 Å². The summed E-state index contributed by atoms with van der Waals surface area (Å²) >= 11 is 0. The van der Waals surface area contributed by atoms with Crippen molar-refractivity contribution in [3.05, 3.63) is 24.3 Å². The Morgan fingerprint density at radius 1 is 1.04 bits per heavy atom. The number of amides is 2. The molecule has 0 spiro atoms. The highest BCUT2D eigenvalue weighted by Gasteiger charge is 2.23. The first-order valence-corrected chi connectivity index (χ1v) is 9.45. The minimum absolute atomic E-state index is 0.0433. The van der Waals surface area contributed by atoms with Crippen LogP contribution in [0.15, 0.2) is 24.3 Å². The lowest BCUT2D eigenvalue weighted by Gasteiger charge is -2.32. The van der Waals surface area contributed by atoms with Crippen molar-refractivity contribution in [2.45, 2.75) is 39.5 Å². The van der Waals surface area contributed by atoms with Gasteiger partial charge in [0, 0.05) is 44.5 Å². The zero-order valence-corrected chi connectivity index (χ0v) is 15.4. The normalized spacial score (nSPS) is 18.5. The fourth-order valence-corrected chi connectivity index (χ4v) is 3.70. The van der Waals surface area contributed by atoms with Gasteiger partial charge in [0.15, 0.2) is 0 Å². The van der Waals surface area contributed by atoms with Gasteiger partial charge in [-0.2, -0.15) is 0 Å². The molecule has 136 valence electrons. The number of carbonyl (C=O) groups excluding carboxylic acids is 2. The minimum atomic E-state index is -0.0907. The van der Waals surface area contributed by atoms with Crippen LogP contribution in [-0.2, 0) is 9.59 Å². The number of rotatable bonds is 4. The fourth-order valence-electron chi connectivity index (χ4n) is 3.70. The van der Waals surface area contributed by atoms with E-state index in [0.717, 1.165) is 50.6 Å². The molecule has 0 radical (unpaired) electrons. The second-order valence-electron chi connectivity index (χ2n) is 7.38. The Labute approximate surface area is 150 Å². The van der Waals surface area contributed by atoms with Crippen molar-refractivity contribution in [2.24, 2.45) is 5.92 Å². The monoisotopic (exact) mass is 343 g/mol. The molecule has 0 unspecified atom stereocenters. The van der Waals surface area contributed by atoms with Crippen LogP contribution in [0.2, 0.25) is 0 Å². The number of piperidine rings is 1. The van der Waals surface area contributed by atoms with Crippen LogP contribution in [-0.4, -0.2) is 49.4 Å². The molecule has 0 aromatic heterocycles. The molecule has 2 saturated heterocycles. The molecule has 0 N–H and O–H groups in total. The van der Waals surface area contributed by atoms with Gasteiger partial charge >= 0.3 is 0 Å². The Kier molecular flexibility index (Phi) is 5.61. The fraction of sp³-hybridized carbons (Fsp3) is 0.600. The lowest BCUT2D eigenvalue weighted by Crippen LogP contribution is -2.41. The zero-order chi connectivity index (χ0) is 17.8. The van der Waals surface area contributed by atoms with E-state index in [9.17, 15) is 9.59 Å². The lowest BCUT2D eigenvalue weighted by molar-refractivity contribution is -0.130. The number of hydrogen-bond acceptors (Lipinski definition) is 3. The average molecular weight is 343 g/mol. The first-order valence-electron chi connectivity index (χ1n) is 9.45. The summed E-state index contributed by atoms with van der Waals surface area (Å²) in [5.74, 6) is 0.759. The van der Waals surface area contributed by atoms with E-state index >= 15 is 0 Å². The summed E-state index contributed by atoms with van der Waals surface area (Å²) in [6.07, 6.45) is 4.58. The molecule has 2 amide bonds. The maximum absolute atomic E-state index is 12.4. The first kappa shape index (κ1) is 17.8.